The number of amides is 6. The lowest BCUT2D eigenvalue weighted by molar-refractivity contribution is -0.147. The number of carbonyl (C=O) groups is 9. The largest absolute Gasteiger partial charge is 0.481 e. The molecule has 1 rings (SSSR count). The van der Waals surface area contributed by atoms with E-state index in [4.69, 9.17) is 10.8 Å². The van der Waals surface area contributed by atoms with Crippen LogP contribution in [0.25, 0.3) is 0 Å². The molecule has 7 atom stereocenters. The summed E-state index contributed by atoms with van der Waals surface area (Å²) >= 11 is 8.02. The van der Waals surface area contributed by atoms with E-state index in [2.05, 4.69) is 51.8 Å². The molecule has 0 spiro atoms. The van der Waals surface area contributed by atoms with Gasteiger partial charge in [0, 0.05) is 24.5 Å². The van der Waals surface area contributed by atoms with Crippen LogP contribution in [0, 0.1) is 5.92 Å². The Hall–Kier alpha value is -4.11. The molecule has 1 saturated heterocycles. The molecule has 10 N–H and O–H groups in total. The first-order chi connectivity index (χ1) is 23.3. The predicted molar refractivity (Wildman–Crippen MR) is 182 cm³/mol. The lowest BCUT2D eigenvalue weighted by Crippen LogP contribution is -2.60. The molecule has 0 saturated carbocycles. The molecule has 1 aliphatic heterocycles. The maximum Gasteiger partial charge on any atom is 0.325 e. The van der Waals surface area contributed by atoms with Crippen LogP contribution in [0.5, 0.6) is 0 Å². The highest BCUT2D eigenvalue weighted by Gasteiger charge is 2.40. The molecule has 0 aromatic carbocycles. The molecular formula is C29H47N7O12S2. The van der Waals surface area contributed by atoms with Gasteiger partial charge in [0.2, 0.25) is 35.4 Å². The van der Waals surface area contributed by atoms with Crippen molar-refractivity contribution in [2.75, 3.05) is 18.1 Å². The molecule has 19 nitrogen and oxygen atoms in total. The number of rotatable bonds is 21. The number of thiol groups is 2. The molecule has 0 radical (unpaired) electrons. The van der Waals surface area contributed by atoms with E-state index in [-0.39, 0.29) is 36.8 Å². The second-order valence-corrected chi connectivity index (χ2v) is 12.9. The zero-order chi connectivity index (χ0) is 38.3. The highest BCUT2D eigenvalue weighted by Crippen LogP contribution is 2.20. The van der Waals surface area contributed by atoms with Crippen LogP contribution >= 0.6 is 25.3 Å². The molecule has 1 fully saturated rings. The van der Waals surface area contributed by atoms with E-state index in [0.717, 1.165) is 4.90 Å². The number of nitrogens with one attached hydrogen (secondary N) is 5. The van der Waals surface area contributed by atoms with Gasteiger partial charge in [-0.3, -0.25) is 43.2 Å². The average molecular weight is 750 g/mol. The monoisotopic (exact) mass is 749 g/mol. The maximum atomic E-state index is 13.5. The zero-order valence-electron chi connectivity index (χ0n) is 27.9. The molecule has 50 heavy (non-hydrogen) atoms. The average Bonchev–Trinajstić information content (AvgIpc) is 3.53. The fourth-order valence-electron chi connectivity index (χ4n) is 4.86. The first-order valence-corrected chi connectivity index (χ1v) is 17.0. The van der Waals surface area contributed by atoms with Gasteiger partial charge >= 0.3 is 17.9 Å². The summed E-state index contributed by atoms with van der Waals surface area (Å²) in [5, 5.41) is 39.7. The molecule has 0 aromatic rings. The van der Waals surface area contributed by atoms with Crippen LogP contribution in [0.3, 0.4) is 0 Å². The number of nitrogens with two attached hydrogens (primary N) is 1. The first-order valence-electron chi connectivity index (χ1n) is 15.8. The topological polar surface area (TPSA) is 304 Å². The smallest absolute Gasteiger partial charge is 0.325 e. The van der Waals surface area contributed by atoms with Gasteiger partial charge in [-0.2, -0.15) is 25.3 Å². The number of likely N-dealkylation sites (tertiary alicyclic amines) is 1. The van der Waals surface area contributed by atoms with E-state index in [1.54, 1.807) is 13.8 Å². The summed E-state index contributed by atoms with van der Waals surface area (Å²) in [7, 11) is 0. The standard InChI is InChI=1S/C29H47N7O12S2/c1-13(2)9-17(33-26(44)19(12-50)35-23(41)15(30)11-49)25(43)32-16(6-7-21(37)38)24(42)34-18(10-22(39)40)28(46)36-8-4-5-20(36)27(45)31-14(3)29(47)48/h13-20,49-50H,4-12,30H2,1-3H3,(H,31,45)(H,32,43)(H,33,44)(H,34,42)(H,35,41)(H,37,38)(H,39,40)(H,47,48)/t14-,15-,16-,17-,18-,19-,20-/m0/s1. The van der Waals surface area contributed by atoms with Crippen molar-refractivity contribution in [1.82, 2.24) is 31.5 Å². The summed E-state index contributed by atoms with van der Waals surface area (Å²) in [4.78, 5) is 114. The van der Waals surface area contributed by atoms with Gasteiger partial charge in [-0.15, -0.1) is 0 Å². The second-order valence-electron chi connectivity index (χ2n) is 12.1. The van der Waals surface area contributed by atoms with Crippen molar-refractivity contribution in [3.8, 4) is 0 Å². The Morgan fingerprint density at radius 1 is 0.740 bits per heavy atom. The van der Waals surface area contributed by atoms with Crippen molar-refractivity contribution in [3.63, 3.8) is 0 Å². The van der Waals surface area contributed by atoms with Crippen molar-refractivity contribution in [2.45, 2.75) is 102 Å². The van der Waals surface area contributed by atoms with Crippen molar-refractivity contribution in [1.29, 1.82) is 0 Å². The molecule has 1 aliphatic rings. The Morgan fingerprint density at radius 3 is 1.80 bits per heavy atom. The molecule has 6 amide bonds. The van der Waals surface area contributed by atoms with E-state index in [1.165, 1.54) is 6.92 Å². The number of carboxylic acids is 3. The highest BCUT2D eigenvalue weighted by atomic mass is 32.1. The lowest BCUT2D eigenvalue weighted by atomic mass is 10.0. The van der Waals surface area contributed by atoms with Crippen molar-refractivity contribution < 1.29 is 58.5 Å². The van der Waals surface area contributed by atoms with E-state index < -0.39 is 115 Å². The number of nitrogens with zero attached hydrogens (tertiary/aromatic N) is 1. The Balaban J connectivity index is 3.26. The summed E-state index contributed by atoms with van der Waals surface area (Å²) < 4.78 is 0. The van der Waals surface area contributed by atoms with Gasteiger partial charge in [-0.25, -0.2) is 0 Å². The molecule has 0 aliphatic carbocycles. The quantitative estimate of drug-likeness (QED) is 0.0525. The van der Waals surface area contributed by atoms with Gasteiger partial charge < -0.3 is 52.5 Å². The minimum atomic E-state index is -1.76. The SMILES string of the molecule is CC(C)C[C@H](NC(=O)[C@H](CS)NC(=O)[C@@H](N)CS)C(=O)N[C@@H](CCC(=O)O)C(=O)N[C@@H](CC(=O)O)C(=O)N1CCC[C@H]1C(=O)N[C@@H](C)C(=O)O. The Morgan fingerprint density at radius 2 is 1.28 bits per heavy atom. The number of hydrogen-bond donors (Lipinski definition) is 11. The molecular weight excluding hydrogens is 702 g/mol. The minimum absolute atomic E-state index is 0.00552. The number of carboxylic acid groups (broad SMARTS) is 3. The van der Waals surface area contributed by atoms with Crippen LogP contribution in [0.4, 0.5) is 0 Å². The minimum Gasteiger partial charge on any atom is -0.481 e. The van der Waals surface area contributed by atoms with Gasteiger partial charge in [0.15, 0.2) is 0 Å². The maximum absolute atomic E-state index is 13.5. The van der Waals surface area contributed by atoms with E-state index in [9.17, 15) is 53.4 Å². The molecule has 0 aromatic heterocycles. The van der Waals surface area contributed by atoms with Crippen molar-refractivity contribution >= 4 is 78.6 Å². The number of aliphatic carboxylic acids is 3. The Kier molecular flexibility index (Phi) is 18.6. The predicted octanol–water partition coefficient (Wildman–Crippen LogP) is -2.92. The van der Waals surface area contributed by atoms with Crippen LogP contribution in [0.2, 0.25) is 0 Å². The van der Waals surface area contributed by atoms with Gasteiger partial charge in [0.05, 0.1) is 12.5 Å². The van der Waals surface area contributed by atoms with Crippen LogP contribution in [0.15, 0.2) is 0 Å². The van der Waals surface area contributed by atoms with Gasteiger partial charge in [-0.05, 0) is 38.5 Å². The summed E-state index contributed by atoms with van der Waals surface area (Å²) in [6.45, 7) is 4.69. The van der Waals surface area contributed by atoms with Gasteiger partial charge in [-0.1, -0.05) is 13.8 Å². The Bertz CT molecular complexity index is 1290. The summed E-state index contributed by atoms with van der Waals surface area (Å²) in [6.07, 6.45) is -1.58. The molecule has 21 heteroatoms. The fourth-order valence-corrected chi connectivity index (χ4v) is 5.28. The van der Waals surface area contributed by atoms with E-state index >= 15 is 0 Å². The zero-order valence-corrected chi connectivity index (χ0v) is 29.7. The second kappa shape index (κ2) is 21.2. The van der Waals surface area contributed by atoms with Crippen molar-refractivity contribution in [3.05, 3.63) is 0 Å². The third-order valence-corrected chi connectivity index (χ3v) is 8.29. The third-order valence-electron chi connectivity index (χ3n) is 7.53. The molecule has 1 heterocycles. The number of hydrogen-bond acceptors (Lipinski definition) is 12. The first kappa shape index (κ1) is 43.9. The van der Waals surface area contributed by atoms with Crippen LogP contribution in [-0.4, -0.2) is 134 Å². The lowest BCUT2D eigenvalue weighted by Gasteiger charge is -2.30. The highest BCUT2D eigenvalue weighted by molar-refractivity contribution is 7.80. The third kappa shape index (κ3) is 14.4. The van der Waals surface area contributed by atoms with E-state index in [0.29, 0.717) is 6.42 Å². The normalized spacial score (nSPS) is 17.7. The van der Waals surface area contributed by atoms with Crippen LogP contribution in [-0.2, 0) is 43.2 Å². The summed E-state index contributed by atoms with van der Waals surface area (Å²) in [5.41, 5.74) is 5.65. The van der Waals surface area contributed by atoms with Gasteiger partial charge in [0.25, 0.3) is 0 Å². The molecule has 282 valence electrons. The van der Waals surface area contributed by atoms with E-state index in [1.807, 2.05) is 0 Å². The van der Waals surface area contributed by atoms with Crippen LogP contribution in [0.1, 0.15) is 59.3 Å². The van der Waals surface area contributed by atoms with Gasteiger partial charge in [0.1, 0.15) is 36.3 Å². The van der Waals surface area contributed by atoms with Crippen molar-refractivity contribution in [2.24, 2.45) is 11.7 Å². The fraction of sp³-hybridized carbons (Fsp3) is 0.690. The molecule has 0 bridgehead atoms. The number of carbonyl (C=O) groups excluding carboxylic acids is 6. The summed E-state index contributed by atoms with van der Waals surface area (Å²) in [5.74, 6) is -9.83. The van der Waals surface area contributed by atoms with Crippen LogP contribution < -0.4 is 32.3 Å². The Labute approximate surface area is 299 Å². The molecule has 0 unspecified atom stereocenters. The summed E-state index contributed by atoms with van der Waals surface area (Å²) in [6, 6.07) is -9.36.